The third-order valence-corrected chi connectivity index (χ3v) is 3.54. The fraction of sp³-hybridized carbons (Fsp3) is 1.00. The highest BCUT2D eigenvalue weighted by Crippen LogP contribution is 2.37. The molecule has 2 nitrogen and oxygen atoms in total. The van der Waals surface area contributed by atoms with E-state index in [9.17, 15) is 0 Å². The summed E-state index contributed by atoms with van der Waals surface area (Å²) >= 11 is 0. The maximum Gasteiger partial charge on any atom is 0.0436 e. The van der Waals surface area contributed by atoms with Crippen molar-refractivity contribution in [2.45, 2.75) is 65.2 Å². The van der Waals surface area contributed by atoms with Crippen LogP contribution in [-0.2, 0) is 0 Å². The van der Waals surface area contributed by atoms with Crippen molar-refractivity contribution in [2.75, 3.05) is 13.2 Å². The summed E-state index contributed by atoms with van der Waals surface area (Å²) in [4.78, 5) is 0. The summed E-state index contributed by atoms with van der Waals surface area (Å²) in [5.74, 6) is 0. The molecule has 0 bridgehead atoms. The molecule has 0 spiro atoms. The van der Waals surface area contributed by atoms with Crippen molar-refractivity contribution in [1.29, 1.82) is 0 Å². The SMILES string of the molecule is CCCC(CC)(CCO)CCCCCO. The molecule has 15 heavy (non-hydrogen) atoms. The van der Waals surface area contributed by atoms with Gasteiger partial charge in [0.1, 0.15) is 0 Å². The molecule has 0 heterocycles. The lowest BCUT2D eigenvalue weighted by Crippen LogP contribution is -2.21. The van der Waals surface area contributed by atoms with Gasteiger partial charge < -0.3 is 10.2 Å². The normalized spacial score (nSPS) is 15.2. The van der Waals surface area contributed by atoms with Gasteiger partial charge in [-0.05, 0) is 31.1 Å². The summed E-state index contributed by atoms with van der Waals surface area (Å²) in [5.41, 5.74) is 0.360. The number of hydrogen-bond acceptors (Lipinski definition) is 2. The van der Waals surface area contributed by atoms with Gasteiger partial charge in [0, 0.05) is 13.2 Å². The molecular formula is C13H28O2. The van der Waals surface area contributed by atoms with Gasteiger partial charge >= 0.3 is 0 Å². The first kappa shape index (κ1) is 14.9. The molecule has 0 aromatic heterocycles. The molecule has 0 saturated carbocycles. The van der Waals surface area contributed by atoms with Gasteiger partial charge in [-0.25, -0.2) is 0 Å². The smallest absolute Gasteiger partial charge is 0.0436 e. The number of aliphatic hydroxyl groups is 2. The molecule has 0 aromatic rings. The Morgan fingerprint density at radius 3 is 2.00 bits per heavy atom. The summed E-state index contributed by atoms with van der Waals surface area (Å²) < 4.78 is 0. The van der Waals surface area contributed by atoms with Crippen LogP contribution in [0.5, 0.6) is 0 Å². The lowest BCUT2D eigenvalue weighted by Gasteiger charge is -2.32. The molecule has 1 unspecified atom stereocenters. The molecule has 2 N–H and O–H groups in total. The van der Waals surface area contributed by atoms with Crippen molar-refractivity contribution in [3.8, 4) is 0 Å². The molecule has 92 valence electrons. The fourth-order valence-corrected chi connectivity index (χ4v) is 2.46. The lowest BCUT2D eigenvalue weighted by molar-refractivity contribution is 0.144. The largest absolute Gasteiger partial charge is 0.396 e. The van der Waals surface area contributed by atoms with Crippen LogP contribution in [0.3, 0.4) is 0 Å². The molecule has 0 aromatic carbocycles. The van der Waals surface area contributed by atoms with Crippen molar-refractivity contribution in [1.82, 2.24) is 0 Å². The Morgan fingerprint density at radius 2 is 1.53 bits per heavy atom. The summed E-state index contributed by atoms with van der Waals surface area (Å²) in [5, 5.41) is 17.8. The molecule has 0 aliphatic carbocycles. The van der Waals surface area contributed by atoms with Crippen LogP contribution in [0.4, 0.5) is 0 Å². The third kappa shape index (κ3) is 6.16. The molecule has 1 atom stereocenters. The van der Waals surface area contributed by atoms with Crippen molar-refractivity contribution in [3.63, 3.8) is 0 Å². The van der Waals surface area contributed by atoms with Gasteiger partial charge in [0.2, 0.25) is 0 Å². The standard InChI is InChI=1S/C13H28O2/c1-3-8-13(4-2,10-12-15)9-6-5-7-11-14/h14-15H,3-12H2,1-2H3. The monoisotopic (exact) mass is 216 g/mol. The van der Waals surface area contributed by atoms with E-state index in [0.717, 1.165) is 19.3 Å². The number of hydrogen-bond donors (Lipinski definition) is 2. The quantitative estimate of drug-likeness (QED) is 0.551. The van der Waals surface area contributed by atoms with Crippen LogP contribution in [0, 0.1) is 5.41 Å². The molecular weight excluding hydrogens is 188 g/mol. The molecule has 0 fully saturated rings. The molecule has 0 radical (unpaired) electrons. The molecule has 0 aliphatic heterocycles. The van der Waals surface area contributed by atoms with E-state index in [1.54, 1.807) is 0 Å². The van der Waals surface area contributed by atoms with Gasteiger partial charge in [0.15, 0.2) is 0 Å². The first-order chi connectivity index (χ1) is 7.24. The van der Waals surface area contributed by atoms with E-state index in [-0.39, 0.29) is 0 Å². The zero-order valence-corrected chi connectivity index (χ0v) is 10.5. The molecule has 0 amide bonds. The minimum absolute atomic E-state index is 0.312. The van der Waals surface area contributed by atoms with Crippen LogP contribution in [0.25, 0.3) is 0 Å². The first-order valence-corrected chi connectivity index (χ1v) is 6.46. The second-order valence-corrected chi connectivity index (χ2v) is 4.61. The van der Waals surface area contributed by atoms with Crippen LogP contribution in [0.2, 0.25) is 0 Å². The van der Waals surface area contributed by atoms with E-state index in [4.69, 9.17) is 10.2 Å². The van der Waals surface area contributed by atoms with Gasteiger partial charge in [0.05, 0.1) is 0 Å². The van der Waals surface area contributed by atoms with Gasteiger partial charge in [-0.15, -0.1) is 0 Å². The molecule has 2 heteroatoms. The van der Waals surface area contributed by atoms with Gasteiger partial charge in [-0.1, -0.05) is 39.5 Å². The zero-order chi connectivity index (χ0) is 11.6. The summed E-state index contributed by atoms with van der Waals surface area (Å²) in [6.07, 6.45) is 8.97. The summed E-state index contributed by atoms with van der Waals surface area (Å²) in [7, 11) is 0. The lowest BCUT2D eigenvalue weighted by atomic mass is 9.74. The van der Waals surface area contributed by atoms with Gasteiger partial charge in [-0.3, -0.25) is 0 Å². The van der Waals surface area contributed by atoms with E-state index >= 15 is 0 Å². The van der Waals surface area contributed by atoms with Crippen LogP contribution in [-0.4, -0.2) is 23.4 Å². The Labute approximate surface area is 94.7 Å². The molecule has 0 saturated heterocycles. The Kier molecular flexibility index (Phi) is 9.12. The maximum absolute atomic E-state index is 9.12. The van der Waals surface area contributed by atoms with Crippen molar-refractivity contribution in [2.24, 2.45) is 5.41 Å². The van der Waals surface area contributed by atoms with E-state index in [2.05, 4.69) is 13.8 Å². The minimum atomic E-state index is 0.312. The van der Waals surface area contributed by atoms with Crippen LogP contribution >= 0.6 is 0 Å². The first-order valence-electron chi connectivity index (χ1n) is 6.46. The highest BCUT2D eigenvalue weighted by molar-refractivity contribution is 4.77. The third-order valence-electron chi connectivity index (χ3n) is 3.54. The number of rotatable bonds is 10. The Morgan fingerprint density at radius 1 is 0.800 bits per heavy atom. The highest BCUT2D eigenvalue weighted by Gasteiger charge is 2.25. The summed E-state index contributed by atoms with van der Waals surface area (Å²) in [6.45, 7) is 5.08. The Bertz CT molecular complexity index is 128. The van der Waals surface area contributed by atoms with Crippen LogP contribution < -0.4 is 0 Å². The summed E-state index contributed by atoms with van der Waals surface area (Å²) in [6, 6.07) is 0. The fourth-order valence-electron chi connectivity index (χ4n) is 2.46. The van der Waals surface area contributed by atoms with E-state index < -0.39 is 0 Å². The predicted octanol–water partition coefficient (Wildman–Crippen LogP) is 3.12. The van der Waals surface area contributed by atoms with E-state index in [1.807, 2.05) is 0 Å². The maximum atomic E-state index is 9.12. The van der Waals surface area contributed by atoms with Gasteiger partial charge in [-0.2, -0.15) is 0 Å². The Hall–Kier alpha value is -0.0800. The van der Waals surface area contributed by atoms with Gasteiger partial charge in [0.25, 0.3) is 0 Å². The molecule has 0 rings (SSSR count). The average Bonchev–Trinajstić information content (AvgIpc) is 2.25. The van der Waals surface area contributed by atoms with E-state index in [0.29, 0.717) is 18.6 Å². The zero-order valence-electron chi connectivity index (χ0n) is 10.5. The van der Waals surface area contributed by atoms with Crippen LogP contribution in [0.1, 0.15) is 65.2 Å². The predicted molar refractivity (Wildman–Crippen MR) is 64.9 cm³/mol. The number of unbranched alkanes of at least 4 members (excludes halogenated alkanes) is 2. The second kappa shape index (κ2) is 9.17. The average molecular weight is 216 g/mol. The van der Waals surface area contributed by atoms with Crippen molar-refractivity contribution in [3.05, 3.63) is 0 Å². The topological polar surface area (TPSA) is 40.5 Å². The highest BCUT2D eigenvalue weighted by atomic mass is 16.3. The second-order valence-electron chi connectivity index (χ2n) is 4.61. The Balaban J connectivity index is 3.96. The minimum Gasteiger partial charge on any atom is -0.396 e. The van der Waals surface area contributed by atoms with Crippen LogP contribution in [0.15, 0.2) is 0 Å². The van der Waals surface area contributed by atoms with Crippen molar-refractivity contribution >= 4 is 0 Å². The van der Waals surface area contributed by atoms with Crippen molar-refractivity contribution < 1.29 is 10.2 Å². The molecule has 0 aliphatic rings. The number of aliphatic hydroxyl groups excluding tert-OH is 2. The van der Waals surface area contributed by atoms with E-state index in [1.165, 1.54) is 32.1 Å².